The second kappa shape index (κ2) is 9.01. The Labute approximate surface area is 166 Å². The summed E-state index contributed by atoms with van der Waals surface area (Å²) in [5.41, 5.74) is 1.84. The molecule has 0 radical (unpaired) electrons. The summed E-state index contributed by atoms with van der Waals surface area (Å²) in [4.78, 5) is 12.1. The number of ether oxygens (including phenoxy) is 2. The van der Waals surface area contributed by atoms with Gasteiger partial charge in [-0.25, -0.2) is 21.5 Å². The van der Waals surface area contributed by atoms with Gasteiger partial charge in [0.25, 0.3) is 0 Å². The van der Waals surface area contributed by atoms with E-state index in [0.717, 1.165) is 17.2 Å². The number of amides is 2. The van der Waals surface area contributed by atoms with Crippen LogP contribution in [0.25, 0.3) is 0 Å². The van der Waals surface area contributed by atoms with E-state index < -0.39 is 18.1 Å². The summed E-state index contributed by atoms with van der Waals surface area (Å²) in [6.07, 6.45) is -4.26. The van der Waals surface area contributed by atoms with Crippen molar-refractivity contribution in [2.45, 2.75) is 33.2 Å². The first-order valence-electron chi connectivity index (χ1n) is 8.70. The van der Waals surface area contributed by atoms with Crippen LogP contribution in [-0.4, -0.2) is 24.5 Å². The largest absolute Gasteiger partial charge is 0.573 e. The number of hydrogen-bond acceptors (Lipinski definition) is 5. The molecule has 158 valence electrons. The van der Waals surface area contributed by atoms with Crippen LogP contribution in [0.4, 0.5) is 23.7 Å². The quantitative estimate of drug-likeness (QED) is 0.429. The zero-order valence-corrected chi connectivity index (χ0v) is 16.3. The van der Waals surface area contributed by atoms with Gasteiger partial charge in [0.2, 0.25) is 0 Å². The van der Waals surface area contributed by atoms with Crippen molar-refractivity contribution in [3.05, 3.63) is 53.1 Å². The van der Waals surface area contributed by atoms with Crippen molar-refractivity contribution in [3.8, 4) is 11.5 Å². The Balaban J connectivity index is 2.44. The van der Waals surface area contributed by atoms with Gasteiger partial charge >= 0.3 is 12.4 Å². The summed E-state index contributed by atoms with van der Waals surface area (Å²) in [6.45, 7) is 3.55. The monoisotopic (exact) mass is 412 g/mol. The summed E-state index contributed by atoms with van der Waals surface area (Å²) in [7, 11) is 1.26. The minimum Gasteiger partial charge on any atom is -0.488 e. The summed E-state index contributed by atoms with van der Waals surface area (Å²) in [6, 6.07) is 8.44. The smallest absolute Gasteiger partial charge is 0.488 e. The molecule has 2 rings (SSSR count). The molecule has 2 amide bonds. The SMILES string of the molecule is CCc1cc(C)ccc1OCc1c(OC(F)(F)F)cccc1N(N)C(=O)N(C)N. The molecule has 0 aliphatic rings. The van der Waals surface area contributed by atoms with Crippen molar-refractivity contribution >= 4 is 11.7 Å². The number of carbonyl (C=O) groups excluding carboxylic acids is 1. The first-order chi connectivity index (χ1) is 13.5. The standard InChI is InChI=1S/C19H23F3N4O3/c1-4-13-10-12(2)8-9-16(13)28-11-14-15(26(24)18(27)25(3)23)6-5-7-17(14)29-19(20,21)22/h5-10H,4,11,23-24H2,1-3H3. The Morgan fingerprint density at radius 2 is 1.83 bits per heavy atom. The molecule has 0 unspecified atom stereocenters. The molecule has 0 bridgehead atoms. The van der Waals surface area contributed by atoms with E-state index in [1.165, 1.54) is 19.2 Å². The van der Waals surface area contributed by atoms with Gasteiger partial charge in [0.05, 0.1) is 11.3 Å². The highest BCUT2D eigenvalue weighted by molar-refractivity contribution is 5.91. The van der Waals surface area contributed by atoms with Gasteiger partial charge in [-0.15, -0.1) is 13.2 Å². The molecule has 0 aromatic heterocycles. The van der Waals surface area contributed by atoms with Gasteiger partial charge in [-0.1, -0.05) is 30.7 Å². The van der Waals surface area contributed by atoms with Crippen LogP contribution < -0.4 is 26.2 Å². The van der Waals surface area contributed by atoms with Gasteiger partial charge < -0.3 is 9.47 Å². The topological polar surface area (TPSA) is 94.0 Å². The molecule has 2 aromatic carbocycles. The number of anilines is 1. The molecule has 0 atom stereocenters. The number of hydrogen-bond donors (Lipinski definition) is 2. The molecular formula is C19H23F3N4O3. The average molecular weight is 412 g/mol. The van der Waals surface area contributed by atoms with E-state index in [0.29, 0.717) is 22.2 Å². The normalized spacial score (nSPS) is 11.2. The number of carbonyl (C=O) groups is 1. The van der Waals surface area contributed by atoms with Crippen molar-refractivity contribution in [2.24, 2.45) is 11.7 Å². The van der Waals surface area contributed by atoms with Gasteiger partial charge in [0, 0.05) is 7.05 Å². The fourth-order valence-electron chi connectivity index (χ4n) is 2.69. The van der Waals surface area contributed by atoms with Crippen molar-refractivity contribution in [3.63, 3.8) is 0 Å². The van der Waals surface area contributed by atoms with Crippen molar-refractivity contribution < 1.29 is 27.4 Å². The zero-order valence-electron chi connectivity index (χ0n) is 16.3. The van der Waals surface area contributed by atoms with Crippen LogP contribution in [0.5, 0.6) is 11.5 Å². The fraction of sp³-hybridized carbons (Fsp3) is 0.316. The third kappa shape index (κ3) is 5.75. The van der Waals surface area contributed by atoms with Crippen LogP contribution in [0, 0.1) is 6.92 Å². The Bertz CT molecular complexity index is 872. The number of benzene rings is 2. The average Bonchev–Trinajstić information content (AvgIpc) is 2.64. The lowest BCUT2D eigenvalue weighted by Gasteiger charge is -2.25. The summed E-state index contributed by atoms with van der Waals surface area (Å²) < 4.78 is 48.5. The van der Waals surface area contributed by atoms with Gasteiger partial charge in [0.1, 0.15) is 18.1 Å². The van der Waals surface area contributed by atoms with E-state index in [1.54, 1.807) is 6.07 Å². The van der Waals surface area contributed by atoms with Gasteiger partial charge in [0.15, 0.2) is 0 Å². The number of aryl methyl sites for hydroxylation is 2. The highest BCUT2D eigenvalue weighted by atomic mass is 19.4. The molecule has 7 nitrogen and oxygen atoms in total. The molecule has 0 fully saturated rings. The predicted molar refractivity (Wildman–Crippen MR) is 102 cm³/mol. The number of urea groups is 1. The second-order valence-electron chi connectivity index (χ2n) is 6.32. The lowest BCUT2D eigenvalue weighted by molar-refractivity contribution is -0.275. The number of halogens is 3. The molecule has 4 N–H and O–H groups in total. The summed E-state index contributed by atoms with van der Waals surface area (Å²) in [5, 5.41) is 1.34. The van der Waals surface area contributed by atoms with Gasteiger partial charge in [-0.3, -0.25) is 5.01 Å². The first-order valence-corrected chi connectivity index (χ1v) is 8.70. The van der Waals surface area contributed by atoms with Crippen LogP contribution in [0.3, 0.4) is 0 Å². The Morgan fingerprint density at radius 3 is 2.41 bits per heavy atom. The van der Waals surface area contributed by atoms with E-state index in [1.807, 2.05) is 26.0 Å². The Hall–Kier alpha value is -2.98. The van der Waals surface area contributed by atoms with E-state index in [2.05, 4.69) is 4.74 Å². The zero-order chi connectivity index (χ0) is 21.8. The lowest BCUT2D eigenvalue weighted by atomic mass is 10.1. The molecule has 0 spiro atoms. The molecule has 2 aromatic rings. The molecule has 0 heterocycles. The lowest BCUT2D eigenvalue weighted by Crippen LogP contribution is -2.49. The Morgan fingerprint density at radius 1 is 1.14 bits per heavy atom. The van der Waals surface area contributed by atoms with Gasteiger partial charge in [-0.2, -0.15) is 0 Å². The maximum Gasteiger partial charge on any atom is 0.573 e. The molecular weight excluding hydrogens is 389 g/mol. The van der Waals surface area contributed by atoms with E-state index in [-0.39, 0.29) is 17.9 Å². The fourth-order valence-corrected chi connectivity index (χ4v) is 2.69. The van der Waals surface area contributed by atoms with Crippen molar-refractivity contribution in [1.29, 1.82) is 0 Å². The number of nitrogens with two attached hydrogens (primary N) is 2. The first kappa shape index (κ1) is 22.3. The molecule has 29 heavy (non-hydrogen) atoms. The van der Waals surface area contributed by atoms with Crippen molar-refractivity contribution in [2.75, 3.05) is 12.1 Å². The van der Waals surface area contributed by atoms with Crippen LogP contribution in [0.1, 0.15) is 23.6 Å². The van der Waals surface area contributed by atoms with Crippen molar-refractivity contribution in [1.82, 2.24) is 5.01 Å². The molecule has 0 saturated carbocycles. The molecule has 0 aliphatic heterocycles. The van der Waals surface area contributed by atoms with Crippen LogP contribution in [0.2, 0.25) is 0 Å². The van der Waals surface area contributed by atoms with Crippen LogP contribution >= 0.6 is 0 Å². The van der Waals surface area contributed by atoms with E-state index in [4.69, 9.17) is 16.4 Å². The minimum absolute atomic E-state index is 0.0285. The van der Waals surface area contributed by atoms with E-state index in [9.17, 15) is 18.0 Å². The highest BCUT2D eigenvalue weighted by Gasteiger charge is 2.33. The highest BCUT2D eigenvalue weighted by Crippen LogP contribution is 2.34. The Kier molecular flexibility index (Phi) is 6.93. The second-order valence-corrected chi connectivity index (χ2v) is 6.32. The van der Waals surface area contributed by atoms with E-state index >= 15 is 0 Å². The molecule has 10 heteroatoms. The van der Waals surface area contributed by atoms with Crippen LogP contribution in [-0.2, 0) is 13.0 Å². The van der Waals surface area contributed by atoms with Gasteiger partial charge in [-0.05, 0) is 37.1 Å². The summed E-state index contributed by atoms with van der Waals surface area (Å²) in [5.74, 6) is 11.2. The number of alkyl halides is 3. The number of rotatable bonds is 6. The minimum atomic E-state index is -4.93. The summed E-state index contributed by atoms with van der Waals surface area (Å²) >= 11 is 0. The van der Waals surface area contributed by atoms with Crippen LogP contribution in [0.15, 0.2) is 36.4 Å². The predicted octanol–water partition coefficient (Wildman–Crippen LogP) is 3.64. The number of nitrogens with zero attached hydrogens (tertiary/aromatic N) is 2. The number of hydrazine groups is 2. The maximum absolute atomic E-state index is 12.9. The third-order valence-corrected chi connectivity index (χ3v) is 4.07. The third-order valence-electron chi connectivity index (χ3n) is 4.07. The molecule has 0 saturated heterocycles. The maximum atomic E-state index is 12.9. The molecule has 0 aliphatic carbocycles.